The van der Waals surface area contributed by atoms with Crippen LogP contribution < -0.4 is 0 Å². The number of carboxylic acids is 1. The molecule has 2 fully saturated rings. The van der Waals surface area contributed by atoms with Crippen molar-refractivity contribution in [1.82, 2.24) is 9.80 Å². The second-order valence-corrected chi connectivity index (χ2v) is 11.8. The molecule has 0 aromatic heterocycles. The van der Waals surface area contributed by atoms with E-state index in [-0.39, 0.29) is 23.6 Å². The lowest BCUT2D eigenvalue weighted by Gasteiger charge is -2.35. The average molecular weight is 520 g/mol. The molecule has 2 aliphatic heterocycles. The number of hydrogen-bond acceptors (Lipinski definition) is 4. The van der Waals surface area contributed by atoms with E-state index in [2.05, 4.69) is 21.9 Å². The normalized spacial score (nSPS) is 22.0. The van der Waals surface area contributed by atoms with Crippen LogP contribution in [0.3, 0.4) is 0 Å². The molecular weight excluding hydrogens is 477 g/mol. The summed E-state index contributed by atoms with van der Waals surface area (Å²) in [5.41, 5.74) is 4.04. The molecule has 0 saturated carbocycles. The number of likely N-dealkylation sites (tertiary alicyclic amines) is 2. The van der Waals surface area contributed by atoms with Crippen LogP contribution in [0.1, 0.15) is 67.7 Å². The Morgan fingerprint density at radius 3 is 2.55 bits per heavy atom. The van der Waals surface area contributed by atoms with Crippen molar-refractivity contribution in [2.75, 3.05) is 32.7 Å². The number of piperidine rings is 1. The summed E-state index contributed by atoms with van der Waals surface area (Å²) in [6, 6.07) is 14.9. The van der Waals surface area contributed by atoms with E-state index in [0.717, 1.165) is 55.7 Å². The quantitative estimate of drug-likeness (QED) is 0.426. The summed E-state index contributed by atoms with van der Waals surface area (Å²) in [6.07, 6.45) is 5.59. The summed E-state index contributed by atoms with van der Waals surface area (Å²) in [5.74, 6) is 0.128. The fraction of sp³-hybridized carbons (Fsp3) is 0.562. The highest BCUT2D eigenvalue weighted by Crippen LogP contribution is 2.36. The summed E-state index contributed by atoms with van der Waals surface area (Å²) < 4.78 is 14.1. The van der Waals surface area contributed by atoms with Gasteiger partial charge in [0.25, 0.3) is 0 Å². The third kappa shape index (κ3) is 6.81. The molecule has 3 unspecified atom stereocenters. The van der Waals surface area contributed by atoms with Crippen molar-refractivity contribution >= 4 is 5.97 Å². The van der Waals surface area contributed by atoms with Crippen LogP contribution in [-0.4, -0.2) is 59.6 Å². The predicted octanol–water partition coefficient (Wildman–Crippen LogP) is 5.87. The topological polar surface area (TPSA) is 67.6 Å². The highest BCUT2D eigenvalue weighted by atomic mass is 19.1. The fourth-order valence-corrected chi connectivity index (χ4v) is 6.76. The van der Waals surface area contributed by atoms with Gasteiger partial charge >= 0.3 is 5.97 Å². The Labute approximate surface area is 227 Å². The van der Waals surface area contributed by atoms with Gasteiger partial charge in [-0.1, -0.05) is 50.6 Å². The average Bonchev–Trinajstić information content (AvgIpc) is 3.27. The molecule has 2 saturated heterocycles. The highest BCUT2D eigenvalue weighted by Gasteiger charge is 2.41. The number of aryl methyl sites for hydroxylation is 2. The maximum absolute atomic E-state index is 14.1. The summed E-state index contributed by atoms with van der Waals surface area (Å²) in [7, 11) is 0. The summed E-state index contributed by atoms with van der Waals surface area (Å²) >= 11 is 0. The van der Waals surface area contributed by atoms with Crippen LogP contribution in [0.5, 0.6) is 0 Å². The highest BCUT2D eigenvalue weighted by molar-refractivity contribution is 5.73. The Bertz CT molecular complexity index is 1140. The van der Waals surface area contributed by atoms with Gasteiger partial charge in [-0.25, -0.2) is 4.39 Å². The van der Waals surface area contributed by atoms with E-state index in [1.54, 1.807) is 12.1 Å². The molecule has 1 N–H and O–H groups in total. The smallest absolute Gasteiger partial charge is 0.321 e. The van der Waals surface area contributed by atoms with E-state index in [0.29, 0.717) is 12.5 Å². The number of benzene rings is 2. The van der Waals surface area contributed by atoms with Crippen LogP contribution in [0.25, 0.3) is 0 Å². The second kappa shape index (κ2) is 12.9. The molecule has 2 aromatic rings. The first-order valence-electron chi connectivity index (χ1n) is 14.2. The number of nitriles is 1. The van der Waals surface area contributed by atoms with Gasteiger partial charge in [-0.15, -0.1) is 0 Å². The SMILES string of the molecule is Cc1cccc(CCCC2CCN(CC3CN(C(C(=O)O)C(C)C)CC3c3cccc(F)c3)CC2)c1C#N. The van der Waals surface area contributed by atoms with Crippen molar-refractivity contribution in [3.05, 3.63) is 70.5 Å². The Hall–Kier alpha value is -2.75. The standard InChI is InChI=1S/C32H42FN3O2/c1-22(2)31(32(37)38)36-20-27(30(21-36)26-11-6-12-28(33)17-26)19-35-15-13-24(14-16-35)8-5-10-25-9-4-7-23(3)29(25)18-34/h4,6-7,9,11-12,17,22,24,27,30-31H,5,8,10,13-16,19-21H2,1-3H3,(H,37,38). The fourth-order valence-electron chi connectivity index (χ4n) is 6.76. The van der Waals surface area contributed by atoms with Crippen LogP contribution >= 0.6 is 0 Å². The molecule has 6 heteroatoms. The van der Waals surface area contributed by atoms with E-state index in [1.807, 2.05) is 39.0 Å². The van der Waals surface area contributed by atoms with Crippen molar-refractivity contribution in [2.24, 2.45) is 17.8 Å². The summed E-state index contributed by atoms with van der Waals surface area (Å²) in [6.45, 7) is 10.4. The third-order valence-corrected chi connectivity index (χ3v) is 8.75. The Morgan fingerprint density at radius 1 is 1.16 bits per heavy atom. The first-order valence-corrected chi connectivity index (χ1v) is 14.2. The number of nitrogens with zero attached hydrogens (tertiary/aromatic N) is 3. The lowest BCUT2D eigenvalue weighted by molar-refractivity contribution is -0.144. The van der Waals surface area contributed by atoms with Gasteiger partial charge in [-0.2, -0.15) is 5.26 Å². The largest absolute Gasteiger partial charge is 0.480 e. The Morgan fingerprint density at radius 2 is 1.89 bits per heavy atom. The zero-order chi connectivity index (χ0) is 27.2. The van der Waals surface area contributed by atoms with Crippen molar-refractivity contribution in [1.29, 1.82) is 5.26 Å². The zero-order valence-corrected chi connectivity index (χ0v) is 23.1. The van der Waals surface area contributed by atoms with Crippen LogP contribution in [0.2, 0.25) is 0 Å². The van der Waals surface area contributed by atoms with E-state index in [1.165, 1.54) is 30.9 Å². The molecule has 204 valence electrons. The maximum Gasteiger partial charge on any atom is 0.321 e. The van der Waals surface area contributed by atoms with Gasteiger partial charge in [-0.3, -0.25) is 9.69 Å². The second-order valence-electron chi connectivity index (χ2n) is 11.8. The molecule has 0 aliphatic carbocycles. The van der Waals surface area contributed by atoms with E-state index >= 15 is 0 Å². The zero-order valence-electron chi connectivity index (χ0n) is 23.1. The minimum absolute atomic E-state index is 0.0131. The van der Waals surface area contributed by atoms with Crippen molar-refractivity contribution in [3.8, 4) is 6.07 Å². The summed E-state index contributed by atoms with van der Waals surface area (Å²) in [5, 5.41) is 19.4. The predicted molar refractivity (Wildman–Crippen MR) is 148 cm³/mol. The number of carboxylic acid groups (broad SMARTS) is 1. The van der Waals surface area contributed by atoms with Gasteiger partial charge in [0.15, 0.2) is 0 Å². The van der Waals surface area contributed by atoms with E-state index in [4.69, 9.17) is 0 Å². The molecule has 38 heavy (non-hydrogen) atoms. The van der Waals surface area contributed by atoms with Gasteiger partial charge in [0.05, 0.1) is 11.6 Å². The molecule has 2 heterocycles. The lowest BCUT2D eigenvalue weighted by Crippen LogP contribution is -2.44. The van der Waals surface area contributed by atoms with Crippen LogP contribution in [0.15, 0.2) is 42.5 Å². The molecule has 0 radical (unpaired) electrons. The van der Waals surface area contributed by atoms with Gasteiger partial charge < -0.3 is 10.0 Å². The van der Waals surface area contributed by atoms with Crippen molar-refractivity contribution in [3.63, 3.8) is 0 Å². The van der Waals surface area contributed by atoms with Crippen LogP contribution in [0, 0.1) is 41.8 Å². The molecule has 0 spiro atoms. The Balaban J connectivity index is 1.33. The molecule has 0 amide bonds. The van der Waals surface area contributed by atoms with Gasteiger partial charge in [0.2, 0.25) is 0 Å². The molecule has 4 rings (SSSR count). The van der Waals surface area contributed by atoms with E-state index in [9.17, 15) is 19.6 Å². The first-order chi connectivity index (χ1) is 18.3. The molecule has 2 aliphatic rings. The van der Waals surface area contributed by atoms with Gasteiger partial charge in [-0.05, 0) is 92.3 Å². The van der Waals surface area contributed by atoms with E-state index < -0.39 is 12.0 Å². The maximum atomic E-state index is 14.1. The number of carbonyl (C=O) groups is 1. The molecule has 3 atom stereocenters. The molecular formula is C32H42FN3O2. The number of aliphatic carboxylic acids is 1. The number of hydrogen-bond donors (Lipinski definition) is 1. The summed E-state index contributed by atoms with van der Waals surface area (Å²) in [4.78, 5) is 16.7. The number of halogens is 1. The number of rotatable bonds is 10. The monoisotopic (exact) mass is 519 g/mol. The minimum atomic E-state index is -0.771. The Kier molecular flexibility index (Phi) is 9.57. The van der Waals surface area contributed by atoms with Crippen LogP contribution in [-0.2, 0) is 11.2 Å². The molecule has 5 nitrogen and oxygen atoms in total. The van der Waals surface area contributed by atoms with Gasteiger partial charge in [0.1, 0.15) is 11.9 Å². The molecule has 2 aromatic carbocycles. The third-order valence-electron chi connectivity index (χ3n) is 8.75. The van der Waals surface area contributed by atoms with Gasteiger partial charge in [0, 0.05) is 25.6 Å². The first kappa shape index (κ1) is 28.3. The van der Waals surface area contributed by atoms with Crippen molar-refractivity contribution in [2.45, 2.75) is 64.8 Å². The molecule has 0 bridgehead atoms. The lowest BCUT2D eigenvalue weighted by atomic mass is 9.86. The van der Waals surface area contributed by atoms with Crippen LogP contribution in [0.4, 0.5) is 4.39 Å². The van der Waals surface area contributed by atoms with Crippen molar-refractivity contribution < 1.29 is 14.3 Å². The minimum Gasteiger partial charge on any atom is -0.480 e.